The normalized spacial score (nSPS) is 10.9. The van der Waals surface area contributed by atoms with Gasteiger partial charge in [-0.2, -0.15) is 0 Å². The molecule has 0 unspecified atom stereocenters. The molecule has 0 aliphatic carbocycles. The molecule has 0 N–H and O–H groups in total. The third-order valence-corrected chi connectivity index (χ3v) is 4.25. The van der Waals surface area contributed by atoms with Gasteiger partial charge >= 0.3 is 0 Å². The number of rotatable bonds is 4. The average Bonchev–Trinajstić information content (AvgIpc) is 2.92. The van der Waals surface area contributed by atoms with Crippen LogP contribution in [0.1, 0.15) is 28.6 Å². The lowest BCUT2D eigenvalue weighted by molar-refractivity contribution is 0.103. The van der Waals surface area contributed by atoms with Crippen molar-refractivity contribution in [2.45, 2.75) is 13.3 Å². The highest BCUT2D eigenvalue weighted by atomic mass is 79.9. The van der Waals surface area contributed by atoms with Gasteiger partial charge in [-0.3, -0.25) is 4.79 Å². The van der Waals surface area contributed by atoms with Crippen molar-refractivity contribution in [2.75, 3.05) is 7.11 Å². The van der Waals surface area contributed by atoms with Crippen LogP contribution in [-0.2, 0) is 6.42 Å². The molecule has 0 fully saturated rings. The Kier molecular flexibility index (Phi) is 4.03. The van der Waals surface area contributed by atoms with Crippen LogP contribution in [0, 0.1) is 0 Å². The Labute approximate surface area is 137 Å². The summed E-state index contributed by atoms with van der Waals surface area (Å²) >= 11 is 3.42. The van der Waals surface area contributed by atoms with Gasteiger partial charge in [0, 0.05) is 17.4 Å². The molecule has 1 aromatic heterocycles. The number of carbonyl (C=O) groups is 1. The van der Waals surface area contributed by atoms with Crippen molar-refractivity contribution >= 4 is 32.7 Å². The van der Waals surface area contributed by atoms with Crippen LogP contribution >= 0.6 is 15.9 Å². The van der Waals surface area contributed by atoms with Gasteiger partial charge in [-0.15, -0.1) is 0 Å². The quantitative estimate of drug-likeness (QED) is 0.616. The average molecular weight is 359 g/mol. The van der Waals surface area contributed by atoms with Crippen LogP contribution in [0.15, 0.2) is 51.4 Å². The van der Waals surface area contributed by atoms with Gasteiger partial charge in [0.1, 0.15) is 17.1 Å². The number of hydrogen-bond acceptors (Lipinski definition) is 3. The van der Waals surface area contributed by atoms with Gasteiger partial charge in [-0.05, 0) is 40.2 Å². The number of carbonyl (C=O) groups excluding carboxylic acids is 1. The summed E-state index contributed by atoms with van der Waals surface area (Å²) < 4.78 is 11.8. The molecular formula is C18H15BrO3. The fourth-order valence-corrected chi connectivity index (χ4v) is 3.09. The Morgan fingerprint density at radius 1 is 1.23 bits per heavy atom. The smallest absolute Gasteiger partial charge is 0.197 e. The van der Waals surface area contributed by atoms with Gasteiger partial charge in [0.15, 0.2) is 5.78 Å². The molecule has 0 radical (unpaired) electrons. The predicted octanol–water partition coefficient (Wildman–Crippen LogP) is 5.00. The Balaban J connectivity index is 2.14. The van der Waals surface area contributed by atoms with E-state index in [1.54, 1.807) is 25.3 Å². The molecule has 4 heteroatoms. The van der Waals surface area contributed by atoms with Crippen LogP contribution in [-0.4, -0.2) is 12.9 Å². The number of methoxy groups -OCH3 is 1. The number of benzene rings is 2. The molecule has 3 rings (SSSR count). The van der Waals surface area contributed by atoms with Crippen molar-refractivity contribution in [3.63, 3.8) is 0 Å². The first-order valence-corrected chi connectivity index (χ1v) is 7.83. The fraction of sp³-hybridized carbons (Fsp3) is 0.167. The molecule has 2 aromatic carbocycles. The molecule has 0 saturated heterocycles. The van der Waals surface area contributed by atoms with Crippen LogP contribution in [0.2, 0.25) is 0 Å². The van der Waals surface area contributed by atoms with Crippen molar-refractivity contribution in [1.29, 1.82) is 0 Å². The third kappa shape index (κ3) is 2.44. The second-order valence-corrected chi connectivity index (χ2v) is 5.78. The third-order valence-electron chi connectivity index (χ3n) is 3.63. The molecule has 0 amide bonds. The van der Waals surface area contributed by atoms with Gasteiger partial charge in [-0.25, -0.2) is 0 Å². The van der Waals surface area contributed by atoms with E-state index >= 15 is 0 Å². The Hall–Kier alpha value is -2.07. The number of halogens is 1. The maximum absolute atomic E-state index is 12.9. The lowest BCUT2D eigenvalue weighted by atomic mass is 9.99. The van der Waals surface area contributed by atoms with Gasteiger partial charge in [-0.1, -0.05) is 25.1 Å². The summed E-state index contributed by atoms with van der Waals surface area (Å²) in [6, 6.07) is 13.0. The van der Waals surface area contributed by atoms with Crippen molar-refractivity contribution in [3.05, 3.63) is 63.8 Å². The number of furan rings is 1. The highest BCUT2D eigenvalue weighted by Gasteiger charge is 2.21. The van der Waals surface area contributed by atoms with E-state index in [1.165, 1.54) is 0 Å². The fourth-order valence-electron chi connectivity index (χ4n) is 2.55. The number of fused-ring (bicyclic) bond motifs is 1. The number of hydrogen-bond donors (Lipinski definition) is 0. The largest absolute Gasteiger partial charge is 0.496 e. The van der Waals surface area contributed by atoms with E-state index in [1.807, 2.05) is 31.2 Å². The summed E-state index contributed by atoms with van der Waals surface area (Å²) in [5.41, 5.74) is 2.00. The molecule has 3 aromatic rings. The Morgan fingerprint density at radius 3 is 2.68 bits per heavy atom. The highest BCUT2D eigenvalue weighted by Crippen LogP contribution is 2.31. The van der Waals surface area contributed by atoms with Gasteiger partial charge in [0.25, 0.3) is 0 Å². The molecule has 0 aliphatic rings. The van der Waals surface area contributed by atoms with E-state index in [0.29, 0.717) is 23.3 Å². The van der Waals surface area contributed by atoms with E-state index in [2.05, 4.69) is 15.9 Å². The van der Waals surface area contributed by atoms with E-state index in [4.69, 9.17) is 9.15 Å². The van der Waals surface area contributed by atoms with Crippen molar-refractivity contribution < 1.29 is 13.9 Å². The van der Waals surface area contributed by atoms with Gasteiger partial charge in [0.05, 0.1) is 17.1 Å². The molecule has 0 saturated carbocycles. The van der Waals surface area contributed by atoms with Crippen LogP contribution in [0.5, 0.6) is 5.75 Å². The van der Waals surface area contributed by atoms with Crippen LogP contribution in [0.3, 0.4) is 0 Å². The molecule has 1 heterocycles. The zero-order chi connectivity index (χ0) is 15.7. The van der Waals surface area contributed by atoms with E-state index < -0.39 is 0 Å². The maximum Gasteiger partial charge on any atom is 0.197 e. The SMILES string of the molecule is CCc1oc2ccccc2c1C(=O)c1ccc(OC)c(Br)c1. The molecule has 22 heavy (non-hydrogen) atoms. The van der Waals surface area contributed by atoms with E-state index in [0.717, 1.165) is 21.2 Å². The van der Waals surface area contributed by atoms with E-state index in [-0.39, 0.29) is 5.78 Å². The standard InChI is InChI=1S/C18H15BrO3/c1-3-14-17(12-6-4-5-7-15(12)22-14)18(20)11-8-9-16(21-2)13(19)10-11/h4-10H,3H2,1-2H3. The second-order valence-electron chi connectivity index (χ2n) is 4.93. The summed E-state index contributed by atoms with van der Waals surface area (Å²) in [6.07, 6.45) is 0.674. The molecule has 0 spiro atoms. The maximum atomic E-state index is 12.9. The first kappa shape index (κ1) is 14.9. The lowest BCUT2D eigenvalue weighted by Crippen LogP contribution is -2.03. The lowest BCUT2D eigenvalue weighted by Gasteiger charge is -2.06. The minimum Gasteiger partial charge on any atom is -0.496 e. The molecule has 0 atom stereocenters. The summed E-state index contributed by atoms with van der Waals surface area (Å²) in [6.45, 7) is 1.98. The number of para-hydroxylation sites is 1. The molecule has 0 aliphatic heterocycles. The summed E-state index contributed by atoms with van der Waals surface area (Å²) in [4.78, 5) is 12.9. The monoisotopic (exact) mass is 358 g/mol. The number of aryl methyl sites for hydroxylation is 1. The summed E-state index contributed by atoms with van der Waals surface area (Å²) in [5, 5.41) is 0.858. The van der Waals surface area contributed by atoms with Gasteiger partial charge in [0.2, 0.25) is 0 Å². The van der Waals surface area contributed by atoms with Crippen molar-refractivity contribution in [3.8, 4) is 5.75 Å². The van der Waals surface area contributed by atoms with Crippen molar-refractivity contribution in [1.82, 2.24) is 0 Å². The highest BCUT2D eigenvalue weighted by molar-refractivity contribution is 9.10. The Morgan fingerprint density at radius 2 is 2.00 bits per heavy atom. The molecule has 0 bridgehead atoms. The minimum atomic E-state index is -0.0369. The number of ketones is 1. The summed E-state index contributed by atoms with van der Waals surface area (Å²) in [5.74, 6) is 1.38. The van der Waals surface area contributed by atoms with Crippen LogP contribution < -0.4 is 4.74 Å². The molecule has 3 nitrogen and oxygen atoms in total. The zero-order valence-electron chi connectivity index (χ0n) is 12.4. The van der Waals surface area contributed by atoms with Crippen molar-refractivity contribution in [2.24, 2.45) is 0 Å². The first-order chi connectivity index (χ1) is 10.7. The Bertz CT molecular complexity index is 849. The molecular weight excluding hydrogens is 344 g/mol. The topological polar surface area (TPSA) is 39.4 Å². The molecule has 112 valence electrons. The number of ether oxygens (including phenoxy) is 1. The second kappa shape index (κ2) is 5.97. The van der Waals surface area contributed by atoms with Crippen LogP contribution in [0.4, 0.5) is 0 Å². The van der Waals surface area contributed by atoms with Gasteiger partial charge < -0.3 is 9.15 Å². The van der Waals surface area contributed by atoms with E-state index in [9.17, 15) is 4.79 Å². The van der Waals surface area contributed by atoms with Crippen LogP contribution in [0.25, 0.3) is 11.0 Å². The minimum absolute atomic E-state index is 0.0369. The predicted molar refractivity (Wildman–Crippen MR) is 89.7 cm³/mol. The first-order valence-electron chi connectivity index (χ1n) is 7.04. The zero-order valence-corrected chi connectivity index (χ0v) is 13.9. The summed E-state index contributed by atoms with van der Waals surface area (Å²) in [7, 11) is 1.60.